The monoisotopic (exact) mass is 314 g/mol. The molecule has 18 heavy (non-hydrogen) atoms. The third-order valence-electron chi connectivity index (χ3n) is 3.39. The lowest BCUT2D eigenvalue weighted by Gasteiger charge is -2.18. The summed E-state index contributed by atoms with van der Waals surface area (Å²) in [4.78, 5) is 2.05. The number of halogens is 1. The van der Waals surface area contributed by atoms with Crippen molar-refractivity contribution < 1.29 is 10.2 Å². The maximum atomic E-state index is 9.45. The summed E-state index contributed by atoms with van der Waals surface area (Å²) >= 11 is 3.40. The van der Waals surface area contributed by atoms with Crippen LogP contribution in [-0.4, -0.2) is 47.0 Å². The maximum Gasteiger partial charge on any atom is 0.0938 e. The molecule has 4 N–H and O–H groups in total. The van der Waals surface area contributed by atoms with Crippen molar-refractivity contribution in [1.29, 1.82) is 0 Å². The van der Waals surface area contributed by atoms with Crippen molar-refractivity contribution in [2.45, 2.75) is 24.7 Å². The maximum absolute atomic E-state index is 9.45. The molecular weight excluding hydrogens is 296 g/mol. The molecule has 1 saturated heterocycles. The van der Waals surface area contributed by atoms with Gasteiger partial charge in [-0.15, -0.1) is 0 Å². The van der Waals surface area contributed by atoms with Crippen LogP contribution < -0.4 is 5.73 Å². The first-order valence-electron chi connectivity index (χ1n) is 6.16. The minimum absolute atomic E-state index is 0.00649. The first-order valence-corrected chi connectivity index (χ1v) is 6.95. The van der Waals surface area contributed by atoms with Gasteiger partial charge in [0.1, 0.15) is 0 Å². The van der Waals surface area contributed by atoms with Gasteiger partial charge in [-0.25, -0.2) is 0 Å². The number of rotatable bonds is 4. The second-order valence-corrected chi connectivity index (χ2v) is 5.76. The van der Waals surface area contributed by atoms with Crippen molar-refractivity contribution in [2.75, 3.05) is 19.6 Å². The predicted octanol–water partition coefficient (Wildman–Crippen LogP) is 0.876. The van der Waals surface area contributed by atoms with Crippen molar-refractivity contribution in [3.05, 3.63) is 34.3 Å². The first kappa shape index (κ1) is 14.0. The third-order valence-corrected chi connectivity index (χ3v) is 3.92. The van der Waals surface area contributed by atoms with Gasteiger partial charge in [-0.2, -0.15) is 0 Å². The number of β-amino-alcohol motifs (C(OH)–C–C–N with tert-alkyl or cyclic N) is 2. The molecule has 0 spiro atoms. The van der Waals surface area contributed by atoms with Gasteiger partial charge in [-0.05, 0) is 24.1 Å². The minimum atomic E-state index is -0.617. The Balaban J connectivity index is 1.81. The van der Waals surface area contributed by atoms with E-state index in [-0.39, 0.29) is 6.04 Å². The number of hydrogen-bond acceptors (Lipinski definition) is 4. The van der Waals surface area contributed by atoms with Crippen molar-refractivity contribution in [3.63, 3.8) is 0 Å². The molecule has 0 amide bonds. The van der Waals surface area contributed by atoms with Crippen LogP contribution in [0.1, 0.15) is 18.0 Å². The first-order chi connectivity index (χ1) is 8.56. The van der Waals surface area contributed by atoms with Crippen LogP contribution in [0.15, 0.2) is 28.7 Å². The predicted molar refractivity (Wildman–Crippen MR) is 74.1 cm³/mol. The van der Waals surface area contributed by atoms with Crippen LogP contribution in [0.2, 0.25) is 0 Å². The highest BCUT2D eigenvalue weighted by molar-refractivity contribution is 9.10. The second kappa shape index (κ2) is 6.12. The van der Waals surface area contributed by atoms with E-state index in [0.29, 0.717) is 13.1 Å². The molecule has 1 aromatic carbocycles. The molecule has 2 rings (SSSR count). The number of hydrogen-bond donors (Lipinski definition) is 3. The topological polar surface area (TPSA) is 69.7 Å². The molecule has 0 saturated carbocycles. The van der Waals surface area contributed by atoms with Gasteiger partial charge in [-0.1, -0.05) is 28.1 Å². The summed E-state index contributed by atoms with van der Waals surface area (Å²) in [7, 11) is 0. The molecule has 0 radical (unpaired) electrons. The SMILES string of the molecule is NC(CCN1CC(O)C(O)C1)c1ccc(Br)cc1. The number of benzene rings is 1. The third kappa shape index (κ3) is 3.52. The Labute approximate surface area is 116 Å². The van der Waals surface area contributed by atoms with Crippen molar-refractivity contribution >= 4 is 15.9 Å². The summed E-state index contributed by atoms with van der Waals surface area (Å²) in [5.41, 5.74) is 7.24. The molecule has 100 valence electrons. The number of nitrogens with two attached hydrogens (primary N) is 1. The van der Waals surface area contributed by atoms with Crippen LogP contribution in [0.5, 0.6) is 0 Å². The Kier molecular flexibility index (Phi) is 4.75. The van der Waals surface area contributed by atoms with E-state index in [1.807, 2.05) is 29.2 Å². The zero-order valence-corrected chi connectivity index (χ0v) is 11.8. The molecule has 1 fully saturated rings. The molecule has 0 bridgehead atoms. The van der Waals surface area contributed by atoms with Crippen LogP contribution in [0.4, 0.5) is 0 Å². The molecule has 0 aliphatic carbocycles. The van der Waals surface area contributed by atoms with E-state index in [0.717, 1.165) is 23.0 Å². The second-order valence-electron chi connectivity index (χ2n) is 4.84. The van der Waals surface area contributed by atoms with Gasteiger partial charge in [0.25, 0.3) is 0 Å². The number of aliphatic hydroxyl groups excluding tert-OH is 2. The Bertz CT molecular complexity index is 375. The average molecular weight is 315 g/mol. The lowest BCUT2D eigenvalue weighted by Crippen LogP contribution is -2.26. The van der Waals surface area contributed by atoms with Crippen LogP contribution in [0.3, 0.4) is 0 Å². The van der Waals surface area contributed by atoms with E-state index in [9.17, 15) is 10.2 Å². The molecule has 0 aromatic heterocycles. The minimum Gasteiger partial charge on any atom is -0.389 e. The van der Waals surface area contributed by atoms with E-state index < -0.39 is 12.2 Å². The van der Waals surface area contributed by atoms with Crippen molar-refractivity contribution in [1.82, 2.24) is 4.90 Å². The highest BCUT2D eigenvalue weighted by atomic mass is 79.9. The van der Waals surface area contributed by atoms with E-state index in [4.69, 9.17) is 5.73 Å². The molecule has 3 unspecified atom stereocenters. The molecule has 1 aliphatic rings. The molecule has 1 aromatic rings. The highest BCUT2D eigenvalue weighted by Gasteiger charge is 2.29. The largest absolute Gasteiger partial charge is 0.389 e. The summed E-state index contributed by atoms with van der Waals surface area (Å²) in [6, 6.07) is 8.00. The Morgan fingerprint density at radius 2 is 1.78 bits per heavy atom. The smallest absolute Gasteiger partial charge is 0.0938 e. The van der Waals surface area contributed by atoms with Gasteiger partial charge >= 0.3 is 0 Å². The Hall–Kier alpha value is -0.460. The number of aliphatic hydroxyl groups is 2. The fraction of sp³-hybridized carbons (Fsp3) is 0.538. The van der Waals surface area contributed by atoms with Crippen molar-refractivity contribution in [2.24, 2.45) is 5.73 Å². The Morgan fingerprint density at radius 3 is 2.33 bits per heavy atom. The van der Waals surface area contributed by atoms with E-state index in [1.165, 1.54) is 0 Å². The summed E-state index contributed by atoms with van der Waals surface area (Å²) in [5.74, 6) is 0. The summed E-state index contributed by atoms with van der Waals surface area (Å²) in [6.07, 6.45) is -0.413. The molecular formula is C13H19BrN2O2. The molecule has 3 atom stereocenters. The normalized spacial score (nSPS) is 26.4. The van der Waals surface area contributed by atoms with Gasteiger partial charge in [-0.3, -0.25) is 4.90 Å². The fourth-order valence-corrected chi connectivity index (χ4v) is 2.49. The van der Waals surface area contributed by atoms with E-state index in [2.05, 4.69) is 15.9 Å². The Morgan fingerprint density at radius 1 is 1.22 bits per heavy atom. The van der Waals surface area contributed by atoms with Gasteiger partial charge < -0.3 is 15.9 Å². The van der Waals surface area contributed by atoms with Crippen LogP contribution in [0, 0.1) is 0 Å². The zero-order valence-electron chi connectivity index (χ0n) is 10.2. The van der Waals surface area contributed by atoms with Crippen LogP contribution in [0.25, 0.3) is 0 Å². The molecule has 1 heterocycles. The van der Waals surface area contributed by atoms with Crippen LogP contribution in [-0.2, 0) is 0 Å². The van der Waals surface area contributed by atoms with Crippen LogP contribution >= 0.6 is 15.9 Å². The summed E-state index contributed by atoms with van der Waals surface area (Å²) in [6.45, 7) is 1.87. The number of likely N-dealkylation sites (tertiary alicyclic amines) is 1. The summed E-state index contributed by atoms with van der Waals surface area (Å²) in [5, 5.41) is 18.9. The van der Waals surface area contributed by atoms with E-state index in [1.54, 1.807) is 0 Å². The number of nitrogens with zero attached hydrogens (tertiary/aromatic N) is 1. The standard InChI is InChI=1S/C13H19BrN2O2/c14-10-3-1-9(2-4-10)11(15)5-6-16-7-12(17)13(18)8-16/h1-4,11-13,17-18H,5-8,15H2. The van der Waals surface area contributed by atoms with Gasteiger partial charge in [0.15, 0.2) is 0 Å². The molecule has 4 nitrogen and oxygen atoms in total. The van der Waals surface area contributed by atoms with Crippen molar-refractivity contribution in [3.8, 4) is 0 Å². The quantitative estimate of drug-likeness (QED) is 0.771. The lowest BCUT2D eigenvalue weighted by molar-refractivity contribution is 0.0572. The van der Waals surface area contributed by atoms with Gasteiger partial charge in [0, 0.05) is 30.1 Å². The lowest BCUT2D eigenvalue weighted by atomic mass is 10.0. The molecule has 5 heteroatoms. The molecule has 1 aliphatic heterocycles. The summed E-state index contributed by atoms with van der Waals surface area (Å²) < 4.78 is 1.05. The fourth-order valence-electron chi connectivity index (χ4n) is 2.23. The highest BCUT2D eigenvalue weighted by Crippen LogP contribution is 2.19. The van der Waals surface area contributed by atoms with Gasteiger partial charge in [0.05, 0.1) is 12.2 Å². The van der Waals surface area contributed by atoms with Gasteiger partial charge in [0.2, 0.25) is 0 Å². The van der Waals surface area contributed by atoms with E-state index >= 15 is 0 Å². The average Bonchev–Trinajstić information content (AvgIpc) is 2.67. The zero-order chi connectivity index (χ0) is 13.1.